The van der Waals surface area contributed by atoms with E-state index in [0.717, 1.165) is 29.1 Å². The Bertz CT molecular complexity index is 859. The molecule has 3 heterocycles. The molecular formula is C18H22ClN5OS. The first-order valence-electron chi connectivity index (χ1n) is 8.52. The van der Waals surface area contributed by atoms with Gasteiger partial charge in [-0.1, -0.05) is 12.1 Å². The summed E-state index contributed by atoms with van der Waals surface area (Å²) in [7, 11) is 1.90. The first-order valence-corrected chi connectivity index (χ1v) is 9.34. The highest BCUT2D eigenvalue weighted by Crippen LogP contribution is 2.28. The van der Waals surface area contributed by atoms with Crippen molar-refractivity contribution in [2.45, 2.75) is 12.3 Å². The van der Waals surface area contributed by atoms with Crippen LogP contribution in [0.1, 0.15) is 16.5 Å². The summed E-state index contributed by atoms with van der Waals surface area (Å²) in [5.74, 6) is 0.260. The van der Waals surface area contributed by atoms with Crippen LogP contribution in [0.2, 0.25) is 0 Å². The molecule has 1 fully saturated rings. The van der Waals surface area contributed by atoms with E-state index in [2.05, 4.69) is 26.8 Å². The van der Waals surface area contributed by atoms with E-state index in [1.807, 2.05) is 37.6 Å². The average molecular weight is 392 g/mol. The van der Waals surface area contributed by atoms with E-state index in [4.69, 9.17) is 0 Å². The zero-order valence-corrected chi connectivity index (χ0v) is 16.1. The van der Waals surface area contributed by atoms with Gasteiger partial charge in [0.25, 0.3) is 0 Å². The summed E-state index contributed by atoms with van der Waals surface area (Å²) in [6, 6.07) is 8.13. The van der Waals surface area contributed by atoms with Crippen LogP contribution in [-0.2, 0) is 18.3 Å². The third-order valence-corrected chi connectivity index (χ3v) is 5.78. The Kier molecular flexibility index (Phi) is 5.90. The number of fused-ring (bicyclic) bond motifs is 1. The summed E-state index contributed by atoms with van der Waals surface area (Å²) in [6.07, 6.45) is 4.63. The largest absolute Gasteiger partial charge is 0.355 e. The molecule has 1 saturated heterocycles. The molecule has 4 rings (SSSR count). The highest BCUT2D eigenvalue weighted by molar-refractivity contribution is 7.18. The topological polar surface area (TPSA) is 71.8 Å². The Morgan fingerprint density at radius 3 is 3.00 bits per heavy atom. The molecule has 1 aromatic carbocycles. The van der Waals surface area contributed by atoms with Gasteiger partial charge in [-0.2, -0.15) is 5.10 Å². The third kappa shape index (κ3) is 3.90. The van der Waals surface area contributed by atoms with E-state index in [0.29, 0.717) is 13.1 Å². The molecule has 0 spiro atoms. The predicted molar refractivity (Wildman–Crippen MR) is 106 cm³/mol. The maximum atomic E-state index is 12.6. The fourth-order valence-corrected chi connectivity index (χ4v) is 4.35. The monoisotopic (exact) mass is 391 g/mol. The summed E-state index contributed by atoms with van der Waals surface area (Å²) >= 11 is 1.70. The summed E-state index contributed by atoms with van der Waals surface area (Å²) in [4.78, 5) is 17.2. The number of thiazole rings is 1. The molecule has 0 radical (unpaired) electrons. The molecule has 1 aliphatic heterocycles. The number of hydrogen-bond acceptors (Lipinski definition) is 5. The second-order valence-corrected chi connectivity index (χ2v) is 7.55. The fourth-order valence-electron chi connectivity index (χ4n) is 3.39. The summed E-state index contributed by atoms with van der Waals surface area (Å²) in [5, 5.41) is 11.7. The van der Waals surface area contributed by atoms with Crippen LogP contribution in [0.15, 0.2) is 36.7 Å². The van der Waals surface area contributed by atoms with Crippen molar-refractivity contribution in [1.82, 2.24) is 25.4 Å². The van der Waals surface area contributed by atoms with Crippen molar-refractivity contribution < 1.29 is 4.79 Å². The van der Waals surface area contributed by atoms with Crippen molar-refractivity contribution in [3.05, 3.63) is 47.2 Å². The number of para-hydroxylation sites is 1. The normalized spacial score (nSPS) is 19.4. The Balaban J connectivity index is 0.00000196. The lowest BCUT2D eigenvalue weighted by atomic mass is 9.90. The molecule has 0 aliphatic carbocycles. The highest BCUT2D eigenvalue weighted by atomic mass is 35.5. The van der Waals surface area contributed by atoms with Crippen LogP contribution in [-0.4, -0.2) is 40.3 Å². The van der Waals surface area contributed by atoms with Gasteiger partial charge in [-0.25, -0.2) is 4.98 Å². The van der Waals surface area contributed by atoms with Gasteiger partial charge in [0.1, 0.15) is 0 Å². The molecule has 6 nitrogen and oxygen atoms in total. The van der Waals surface area contributed by atoms with Gasteiger partial charge in [-0.15, -0.1) is 23.7 Å². The van der Waals surface area contributed by atoms with Crippen molar-refractivity contribution >= 4 is 39.9 Å². The first-order chi connectivity index (χ1) is 12.2. The molecule has 0 saturated carbocycles. The summed E-state index contributed by atoms with van der Waals surface area (Å²) in [6.45, 7) is 2.16. The van der Waals surface area contributed by atoms with Crippen LogP contribution in [0, 0.1) is 5.92 Å². The van der Waals surface area contributed by atoms with Crippen molar-refractivity contribution in [3.63, 3.8) is 0 Å². The molecular weight excluding hydrogens is 370 g/mol. The highest BCUT2D eigenvalue weighted by Gasteiger charge is 2.34. The Morgan fingerprint density at radius 1 is 1.38 bits per heavy atom. The second kappa shape index (κ2) is 8.16. The number of aryl methyl sites for hydroxylation is 1. The Hall–Kier alpha value is -1.96. The molecule has 26 heavy (non-hydrogen) atoms. The summed E-state index contributed by atoms with van der Waals surface area (Å²) < 4.78 is 2.98. The van der Waals surface area contributed by atoms with Crippen LogP contribution in [0.25, 0.3) is 10.2 Å². The lowest BCUT2D eigenvalue weighted by Crippen LogP contribution is -2.35. The van der Waals surface area contributed by atoms with Gasteiger partial charge in [0.2, 0.25) is 5.91 Å². The molecule has 3 aromatic rings. The van der Waals surface area contributed by atoms with E-state index in [-0.39, 0.29) is 30.2 Å². The molecule has 2 aromatic heterocycles. The first kappa shape index (κ1) is 18.8. The lowest BCUT2D eigenvalue weighted by Gasteiger charge is -2.16. The molecule has 2 atom stereocenters. The van der Waals surface area contributed by atoms with E-state index in [9.17, 15) is 4.79 Å². The van der Waals surface area contributed by atoms with Gasteiger partial charge < -0.3 is 10.6 Å². The number of nitrogens with one attached hydrogen (secondary N) is 2. The quantitative estimate of drug-likeness (QED) is 0.698. The molecule has 2 N–H and O–H groups in total. The van der Waals surface area contributed by atoms with Gasteiger partial charge in [0.05, 0.1) is 27.3 Å². The maximum absolute atomic E-state index is 12.6. The number of benzene rings is 1. The predicted octanol–water partition coefficient (Wildman–Crippen LogP) is 2.11. The van der Waals surface area contributed by atoms with E-state index in [1.165, 1.54) is 4.70 Å². The minimum atomic E-state index is -0.0421. The van der Waals surface area contributed by atoms with Crippen molar-refractivity contribution in [1.29, 1.82) is 0 Å². The average Bonchev–Trinajstić information content (AvgIpc) is 3.32. The standard InChI is InChI=1S/C18H21N5OS.ClH/c1-23-11-12(8-21-23)13-9-19-10-14(13)18(24)20-7-6-17-22-15-4-2-3-5-16(15)25-17;/h2-5,8,11,13-14,19H,6-7,9-10H2,1H3,(H,20,24);1H/t13-,14+;/m1./s1. The van der Waals surface area contributed by atoms with Crippen LogP contribution < -0.4 is 10.6 Å². The summed E-state index contributed by atoms with van der Waals surface area (Å²) in [5.41, 5.74) is 2.16. The van der Waals surface area contributed by atoms with Crippen molar-refractivity contribution in [3.8, 4) is 0 Å². The van der Waals surface area contributed by atoms with Crippen molar-refractivity contribution in [2.75, 3.05) is 19.6 Å². The molecule has 1 amide bonds. The van der Waals surface area contributed by atoms with Crippen molar-refractivity contribution in [2.24, 2.45) is 13.0 Å². The number of amides is 1. The molecule has 138 valence electrons. The van der Waals surface area contributed by atoms with Gasteiger partial charge in [-0.3, -0.25) is 9.48 Å². The maximum Gasteiger partial charge on any atom is 0.225 e. The van der Waals surface area contributed by atoms with Crippen LogP contribution in [0.5, 0.6) is 0 Å². The van der Waals surface area contributed by atoms with Gasteiger partial charge in [0, 0.05) is 45.2 Å². The van der Waals surface area contributed by atoms with Gasteiger partial charge in [0.15, 0.2) is 0 Å². The lowest BCUT2D eigenvalue weighted by molar-refractivity contribution is -0.124. The molecule has 0 unspecified atom stereocenters. The molecule has 1 aliphatic rings. The van der Waals surface area contributed by atoms with Crippen LogP contribution in [0.4, 0.5) is 0 Å². The third-order valence-electron chi connectivity index (χ3n) is 4.68. The number of aromatic nitrogens is 3. The van der Waals surface area contributed by atoms with Gasteiger partial charge in [-0.05, 0) is 17.7 Å². The number of hydrogen-bond donors (Lipinski definition) is 2. The Labute approximate surface area is 162 Å². The number of rotatable bonds is 5. The molecule has 0 bridgehead atoms. The minimum absolute atomic E-state index is 0. The fraction of sp³-hybridized carbons (Fsp3) is 0.389. The van der Waals surface area contributed by atoms with Gasteiger partial charge >= 0.3 is 0 Å². The second-order valence-electron chi connectivity index (χ2n) is 6.43. The van der Waals surface area contributed by atoms with Crippen LogP contribution >= 0.6 is 23.7 Å². The molecule has 8 heteroatoms. The Morgan fingerprint density at radius 2 is 2.23 bits per heavy atom. The SMILES string of the molecule is Cl.Cn1cc([C@H]2CNC[C@@H]2C(=O)NCCc2nc3ccccc3s2)cn1. The zero-order chi connectivity index (χ0) is 17.2. The van der Waals surface area contributed by atoms with E-state index >= 15 is 0 Å². The van der Waals surface area contributed by atoms with Crippen LogP contribution in [0.3, 0.4) is 0 Å². The number of halogens is 1. The number of nitrogens with zero attached hydrogens (tertiary/aromatic N) is 3. The van der Waals surface area contributed by atoms with E-state index < -0.39 is 0 Å². The minimum Gasteiger partial charge on any atom is -0.355 e. The van der Waals surface area contributed by atoms with E-state index in [1.54, 1.807) is 16.0 Å². The zero-order valence-electron chi connectivity index (χ0n) is 14.5. The smallest absolute Gasteiger partial charge is 0.225 e. The number of carbonyl (C=O) groups excluding carboxylic acids is 1. The number of carbonyl (C=O) groups is 1.